The van der Waals surface area contributed by atoms with E-state index in [1.54, 1.807) is 6.20 Å². The number of carbonyl (C=O) groups is 1. The first kappa shape index (κ1) is 13.6. The number of nitrogens with two attached hydrogens (primary N) is 1. The minimum absolute atomic E-state index is 0.0835. The van der Waals surface area contributed by atoms with Crippen LogP contribution >= 0.6 is 11.3 Å². The van der Waals surface area contributed by atoms with Gasteiger partial charge in [0.2, 0.25) is 0 Å². The number of hydrogen-bond acceptors (Lipinski definition) is 4. The molecule has 0 radical (unpaired) electrons. The molecular weight excluding hydrogens is 282 g/mol. The summed E-state index contributed by atoms with van der Waals surface area (Å²) in [5.74, 6) is -0.0835. The van der Waals surface area contributed by atoms with Crippen LogP contribution in [-0.4, -0.2) is 10.9 Å². The molecule has 0 aliphatic carbocycles. The first-order valence-corrected chi connectivity index (χ1v) is 7.43. The molecule has 4 nitrogen and oxygen atoms in total. The van der Waals surface area contributed by atoms with Gasteiger partial charge >= 0.3 is 0 Å². The summed E-state index contributed by atoms with van der Waals surface area (Å²) in [6.07, 6.45) is 1.73. The molecule has 0 saturated carbocycles. The summed E-state index contributed by atoms with van der Waals surface area (Å²) in [5.41, 5.74) is 8.42. The van der Waals surface area contributed by atoms with Crippen LogP contribution in [0, 0.1) is 6.92 Å². The van der Waals surface area contributed by atoms with Crippen LogP contribution in [0.1, 0.15) is 20.9 Å². The van der Waals surface area contributed by atoms with Crippen LogP contribution in [-0.2, 0) is 6.54 Å². The maximum Gasteiger partial charge on any atom is 0.261 e. The summed E-state index contributed by atoms with van der Waals surface area (Å²) >= 11 is 1.47. The SMILES string of the molecule is Cc1cccnc1CNC(=O)c1cc2cc(N)ccc2s1. The first-order chi connectivity index (χ1) is 10.1. The monoisotopic (exact) mass is 297 g/mol. The first-order valence-electron chi connectivity index (χ1n) is 6.61. The number of pyridine rings is 1. The van der Waals surface area contributed by atoms with Crippen molar-refractivity contribution >= 4 is 33.0 Å². The molecular formula is C16H15N3OS. The lowest BCUT2D eigenvalue weighted by Crippen LogP contribution is -2.22. The highest BCUT2D eigenvalue weighted by molar-refractivity contribution is 7.20. The molecule has 106 valence electrons. The van der Waals surface area contributed by atoms with Crippen molar-refractivity contribution in [2.75, 3.05) is 5.73 Å². The van der Waals surface area contributed by atoms with Crippen LogP contribution in [0.15, 0.2) is 42.6 Å². The predicted octanol–water partition coefficient (Wildman–Crippen LogP) is 3.12. The summed E-state index contributed by atoms with van der Waals surface area (Å²) in [6.45, 7) is 2.42. The Hall–Kier alpha value is -2.40. The van der Waals surface area contributed by atoms with E-state index in [1.165, 1.54) is 11.3 Å². The number of anilines is 1. The summed E-state index contributed by atoms with van der Waals surface area (Å²) in [5, 5.41) is 3.91. The van der Waals surface area contributed by atoms with E-state index in [-0.39, 0.29) is 5.91 Å². The molecule has 0 unspecified atom stereocenters. The molecule has 0 saturated heterocycles. The van der Waals surface area contributed by atoms with Crippen molar-refractivity contribution < 1.29 is 4.79 Å². The number of nitrogens with one attached hydrogen (secondary N) is 1. The zero-order chi connectivity index (χ0) is 14.8. The van der Waals surface area contributed by atoms with Gasteiger partial charge in [-0.1, -0.05) is 6.07 Å². The Morgan fingerprint density at radius 2 is 2.19 bits per heavy atom. The van der Waals surface area contributed by atoms with Crippen LogP contribution in [0.5, 0.6) is 0 Å². The molecule has 3 rings (SSSR count). The summed E-state index contributed by atoms with van der Waals surface area (Å²) in [7, 11) is 0. The lowest BCUT2D eigenvalue weighted by atomic mass is 10.2. The Balaban J connectivity index is 1.76. The van der Waals surface area contributed by atoms with Crippen molar-refractivity contribution in [1.82, 2.24) is 10.3 Å². The number of carbonyl (C=O) groups excluding carboxylic acids is 1. The molecule has 21 heavy (non-hydrogen) atoms. The number of rotatable bonds is 3. The van der Waals surface area contributed by atoms with Crippen LogP contribution in [0.2, 0.25) is 0 Å². The number of nitrogen functional groups attached to an aromatic ring is 1. The number of aryl methyl sites for hydroxylation is 1. The highest BCUT2D eigenvalue weighted by Gasteiger charge is 2.11. The number of hydrogen-bond donors (Lipinski definition) is 2. The highest BCUT2D eigenvalue weighted by Crippen LogP contribution is 2.27. The van der Waals surface area contributed by atoms with Crippen LogP contribution < -0.4 is 11.1 Å². The third-order valence-electron chi connectivity index (χ3n) is 3.30. The molecule has 0 spiro atoms. The minimum atomic E-state index is -0.0835. The molecule has 0 fully saturated rings. The van der Waals surface area contributed by atoms with Crippen molar-refractivity contribution in [3.63, 3.8) is 0 Å². The predicted molar refractivity (Wildman–Crippen MR) is 86.4 cm³/mol. The van der Waals surface area contributed by atoms with Crippen LogP contribution in [0.4, 0.5) is 5.69 Å². The van der Waals surface area contributed by atoms with Crippen molar-refractivity contribution in [3.8, 4) is 0 Å². The van der Waals surface area contributed by atoms with Crippen molar-refractivity contribution in [1.29, 1.82) is 0 Å². The highest BCUT2D eigenvalue weighted by atomic mass is 32.1. The standard InChI is InChI=1S/C16H15N3OS/c1-10-3-2-6-18-13(10)9-19-16(20)15-8-11-7-12(17)4-5-14(11)21-15/h2-8H,9,17H2,1H3,(H,19,20). The fourth-order valence-corrected chi connectivity index (χ4v) is 3.09. The van der Waals surface area contributed by atoms with E-state index in [2.05, 4.69) is 10.3 Å². The molecule has 1 aromatic carbocycles. The largest absolute Gasteiger partial charge is 0.399 e. The van der Waals surface area contributed by atoms with Gasteiger partial charge in [-0.05, 0) is 48.2 Å². The molecule has 0 bridgehead atoms. The van der Waals surface area contributed by atoms with Gasteiger partial charge in [-0.15, -0.1) is 11.3 Å². The fourth-order valence-electron chi connectivity index (χ4n) is 2.13. The van der Waals surface area contributed by atoms with E-state index < -0.39 is 0 Å². The van der Waals surface area contributed by atoms with Crippen molar-refractivity contribution in [2.45, 2.75) is 13.5 Å². The molecule has 0 atom stereocenters. The topological polar surface area (TPSA) is 68.0 Å². The zero-order valence-corrected chi connectivity index (χ0v) is 12.4. The van der Waals surface area contributed by atoms with E-state index in [9.17, 15) is 4.79 Å². The van der Waals surface area contributed by atoms with Gasteiger partial charge < -0.3 is 11.1 Å². The number of thiophene rings is 1. The van der Waals surface area contributed by atoms with E-state index in [1.807, 2.05) is 43.3 Å². The molecule has 1 amide bonds. The van der Waals surface area contributed by atoms with Crippen LogP contribution in [0.25, 0.3) is 10.1 Å². The normalized spacial score (nSPS) is 10.7. The third kappa shape index (κ3) is 2.87. The number of nitrogens with zero attached hydrogens (tertiary/aromatic N) is 1. The molecule has 5 heteroatoms. The molecule has 0 aliphatic heterocycles. The van der Waals surface area contributed by atoms with Gasteiger partial charge in [-0.3, -0.25) is 9.78 Å². The quantitative estimate of drug-likeness (QED) is 0.730. The minimum Gasteiger partial charge on any atom is -0.399 e. The molecule has 0 aliphatic rings. The maximum absolute atomic E-state index is 12.2. The van der Waals surface area contributed by atoms with E-state index in [4.69, 9.17) is 5.73 Å². The number of amides is 1. The molecule has 2 heterocycles. The number of aromatic nitrogens is 1. The smallest absolute Gasteiger partial charge is 0.261 e. The van der Waals surface area contributed by atoms with Gasteiger partial charge in [0.1, 0.15) is 0 Å². The third-order valence-corrected chi connectivity index (χ3v) is 4.41. The molecule has 3 aromatic rings. The number of benzene rings is 1. The van der Waals surface area contributed by atoms with Gasteiger partial charge in [0.15, 0.2) is 0 Å². The Bertz CT molecular complexity index is 810. The van der Waals surface area contributed by atoms with E-state index in [0.717, 1.165) is 21.3 Å². The molecule has 2 aromatic heterocycles. The van der Waals surface area contributed by atoms with E-state index in [0.29, 0.717) is 17.1 Å². The van der Waals surface area contributed by atoms with Gasteiger partial charge in [0, 0.05) is 16.6 Å². The second kappa shape index (κ2) is 5.54. The number of fused-ring (bicyclic) bond motifs is 1. The maximum atomic E-state index is 12.2. The van der Waals surface area contributed by atoms with Gasteiger partial charge in [-0.2, -0.15) is 0 Å². The van der Waals surface area contributed by atoms with E-state index >= 15 is 0 Å². The van der Waals surface area contributed by atoms with Gasteiger partial charge in [0.25, 0.3) is 5.91 Å². The average molecular weight is 297 g/mol. The Morgan fingerprint density at radius 1 is 1.33 bits per heavy atom. The average Bonchev–Trinajstić information content (AvgIpc) is 2.89. The van der Waals surface area contributed by atoms with Crippen molar-refractivity contribution in [3.05, 3.63) is 58.7 Å². The lowest BCUT2D eigenvalue weighted by molar-refractivity contribution is 0.0954. The second-order valence-corrected chi connectivity index (χ2v) is 5.94. The fraction of sp³-hybridized carbons (Fsp3) is 0.125. The Kier molecular flexibility index (Phi) is 3.58. The van der Waals surface area contributed by atoms with Gasteiger partial charge in [0.05, 0.1) is 17.1 Å². The Morgan fingerprint density at radius 3 is 3.00 bits per heavy atom. The Labute approximate surface area is 126 Å². The summed E-state index contributed by atoms with van der Waals surface area (Å²) in [6, 6.07) is 11.4. The summed E-state index contributed by atoms with van der Waals surface area (Å²) < 4.78 is 1.06. The van der Waals surface area contributed by atoms with Crippen molar-refractivity contribution in [2.24, 2.45) is 0 Å². The van der Waals surface area contributed by atoms with Gasteiger partial charge in [-0.25, -0.2) is 0 Å². The zero-order valence-electron chi connectivity index (χ0n) is 11.6. The lowest BCUT2D eigenvalue weighted by Gasteiger charge is -2.05. The second-order valence-electron chi connectivity index (χ2n) is 4.86. The van der Waals surface area contributed by atoms with Crippen LogP contribution in [0.3, 0.4) is 0 Å². The summed E-state index contributed by atoms with van der Waals surface area (Å²) in [4.78, 5) is 17.2. The molecule has 3 N–H and O–H groups in total.